The number of nitrogens with one attached hydrogen (secondary N) is 3. The van der Waals surface area contributed by atoms with Crippen LogP contribution in [0, 0.1) is 0 Å². The lowest BCUT2D eigenvalue weighted by Gasteiger charge is -2.08. The van der Waals surface area contributed by atoms with Gasteiger partial charge in [0.25, 0.3) is 0 Å². The lowest BCUT2D eigenvalue weighted by molar-refractivity contribution is 0.187. The van der Waals surface area contributed by atoms with Crippen LogP contribution in [0.25, 0.3) is 90.9 Å². The topological polar surface area (TPSA) is 95.7 Å². The lowest BCUT2D eigenvalue weighted by atomic mass is 10.0. The van der Waals surface area contributed by atoms with E-state index >= 15 is 0 Å². The number of nitrogens with zero attached hydrogens (tertiary/aromatic N) is 2. The summed E-state index contributed by atoms with van der Waals surface area (Å²) in [7, 11) is 1.36. The van der Waals surface area contributed by atoms with Crippen molar-refractivity contribution < 1.29 is 9.53 Å². The minimum atomic E-state index is -0.578. The Morgan fingerprint density at radius 3 is 1.28 bits per heavy atom. The summed E-state index contributed by atoms with van der Waals surface area (Å²) in [5.74, 6) is 0. The molecule has 0 saturated carbocycles. The highest BCUT2D eigenvalue weighted by atomic mass is 16.5. The Labute approximate surface area is 306 Å². The summed E-state index contributed by atoms with van der Waals surface area (Å²) in [5, 5.41) is 2.99. The predicted octanol–water partition coefficient (Wildman–Crippen LogP) is 11.5. The molecule has 3 aromatic heterocycles. The van der Waals surface area contributed by atoms with Gasteiger partial charge in [-0.25, -0.2) is 14.8 Å². The molecule has 2 aliphatic heterocycles. The third-order valence-corrected chi connectivity index (χ3v) is 9.54. The number of H-pyrrole nitrogens is 2. The molecule has 0 radical (unpaired) electrons. The molecule has 8 bridgehead atoms. The number of anilines is 1. The zero-order valence-corrected chi connectivity index (χ0v) is 28.8. The second kappa shape index (κ2) is 13.5. The van der Waals surface area contributed by atoms with Crippen LogP contribution in [-0.4, -0.2) is 33.1 Å². The Hall–Kier alpha value is -7.25. The zero-order chi connectivity index (χ0) is 35.7. The maximum Gasteiger partial charge on any atom is 0.411 e. The van der Waals surface area contributed by atoms with Crippen molar-refractivity contribution in [2.75, 3.05) is 12.4 Å². The maximum atomic E-state index is 12.9. The SMILES string of the molecule is COC(=O)Nc1cc2[nH]c1c(-c1ccccc1)c1nc(c(-c3ccccc3)c3ccc([nH]3)c(-c3ccccc3)c3nc(c2-c2ccccc2)C=C3)C=C1. The number of aromatic nitrogens is 4. The first-order chi connectivity index (χ1) is 26.1. The minimum absolute atomic E-state index is 0.553. The largest absolute Gasteiger partial charge is 0.453 e. The standard InChI is InChI=1S/C46H33N5O2/c1-53-46(52)51-40-28-39-43(31-18-10-4-11-19-31)37-25-24-35(48-37)41(29-14-6-2-7-15-29)33-22-23-34(47-33)42(30-16-8-3-9-17-30)36-26-27-38(49-36)44(45(40)50-39)32-20-12-5-13-21-32/h2-28,47,50H,1H3,(H,51,52). The van der Waals surface area contributed by atoms with Gasteiger partial charge in [-0.2, -0.15) is 0 Å². The van der Waals surface area contributed by atoms with Crippen LogP contribution in [0.5, 0.6) is 0 Å². The van der Waals surface area contributed by atoms with Gasteiger partial charge in [0.2, 0.25) is 0 Å². The van der Waals surface area contributed by atoms with Crippen molar-refractivity contribution in [2.45, 2.75) is 0 Å². The number of carbonyl (C=O) groups excluding carboxylic acids is 1. The summed E-state index contributed by atoms with van der Waals surface area (Å²) < 4.78 is 5.11. The predicted molar refractivity (Wildman–Crippen MR) is 217 cm³/mol. The van der Waals surface area contributed by atoms with E-state index in [1.165, 1.54) is 7.11 Å². The summed E-state index contributed by atoms with van der Waals surface area (Å²) in [4.78, 5) is 31.1. The Bertz CT molecular complexity index is 2730. The summed E-state index contributed by atoms with van der Waals surface area (Å²) in [6, 6.07) is 47.1. The molecule has 1 amide bonds. The summed E-state index contributed by atoms with van der Waals surface area (Å²) in [5.41, 5.74) is 14.6. The van der Waals surface area contributed by atoms with Gasteiger partial charge in [0, 0.05) is 33.3 Å². The molecule has 2 aliphatic rings. The molecule has 7 nitrogen and oxygen atoms in total. The maximum absolute atomic E-state index is 12.9. The van der Waals surface area contributed by atoms with Crippen molar-refractivity contribution in [3.05, 3.63) is 162 Å². The fraction of sp³-hybridized carbons (Fsp3) is 0.0217. The van der Waals surface area contributed by atoms with E-state index in [1.807, 2.05) is 84.9 Å². The van der Waals surface area contributed by atoms with E-state index in [9.17, 15) is 4.79 Å². The number of benzene rings is 4. The third kappa shape index (κ3) is 5.90. The van der Waals surface area contributed by atoms with E-state index in [0.29, 0.717) is 11.2 Å². The molecule has 0 spiro atoms. The number of rotatable bonds is 5. The molecule has 0 atom stereocenters. The van der Waals surface area contributed by atoms with Crippen LogP contribution in [0.3, 0.4) is 0 Å². The molecule has 0 unspecified atom stereocenters. The van der Waals surface area contributed by atoms with E-state index in [0.717, 1.165) is 83.8 Å². The van der Waals surface area contributed by atoms with Crippen LogP contribution in [0.2, 0.25) is 0 Å². The van der Waals surface area contributed by atoms with Crippen molar-refractivity contribution in [2.24, 2.45) is 0 Å². The van der Waals surface area contributed by atoms with E-state index in [-0.39, 0.29) is 0 Å². The average molecular weight is 688 g/mol. The average Bonchev–Trinajstić information content (AvgIpc) is 4.04. The van der Waals surface area contributed by atoms with Gasteiger partial charge in [0.1, 0.15) is 0 Å². The van der Waals surface area contributed by atoms with Crippen molar-refractivity contribution >= 4 is 58.2 Å². The van der Waals surface area contributed by atoms with Gasteiger partial charge in [0.15, 0.2) is 0 Å². The van der Waals surface area contributed by atoms with Gasteiger partial charge in [0.05, 0.1) is 46.6 Å². The highest BCUT2D eigenvalue weighted by molar-refractivity contribution is 6.05. The smallest absolute Gasteiger partial charge is 0.411 e. The van der Waals surface area contributed by atoms with Crippen LogP contribution in [0.15, 0.2) is 140 Å². The molecule has 254 valence electrons. The van der Waals surface area contributed by atoms with Crippen molar-refractivity contribution in [3.8, 4) is 44.5 Å². The number of amides is 1. The number of ether oxygens (including phenoxy) is 1. The van der Waals surface area contributed by atoms with E-state index in [2.05, 4.69) is 94.2 Å². The molecule has 3 N–H and O–H groups in total. The molecular weight excluding hydrogens is 655 g/mol. The number of hydrogen-bond donors (Lipinski definition) is 3. The number of methoxy groups -OCH3 is 1. The summed E-state index contributed by atoms with van der Waals surface area (Å²) in [6.07, 6.45) is 7.66. The van der Waals surface area contributed by atoms with Crippen molar-refractivity contribution in [1.82, 2.24) is 19.9 Å². The van der Waals surface area contributed by atoms with Gasteiger partial charge in [-0.05, 0) is 64.8 Å². The van der Waals surface area contributed by atoms with Crippen molar-refractivity contribution in [1.29, 1.82) is 0 Å². The molecule has 7 heteroatoms. The summed E-state index contributed by atoms with van der Waals surface area (Å²) >= 11 is 0. The van der Waals surface area contributed by atoms with Gasteiger partial charge < -0.3 is 14.7 Å². The first kappa shape index (κ1) is 31.7. The molecule has 9 rings (SSSR count). The molecule has 53 heavy (non-hydrogen) atoms. The first-order valence-corrected chi connectivity index (χ1v) is 17.4. The molecule has 4 aromatic carbocycles. The fourth-order valence-corrected chi connectivity index (χ4v) is 7.18. The van der Waals surface area contributed by atoms with Crippen molar-refractivity contribution in [3.63, 3.8) is 0 Å². The van der Waals surface area contributed by atoms with E-state index in [4.69, 9.17) is 14.7 Å². The molecule has 0 aliphatic carbocycles. The minimum Gasteiger partial charge on any atom is -0.453 e. The van der Waals surface area contributed by atoms with E-state index in [1.54, 1.807) is 0 Å². The Balaban J connectivity index is 1.51. The van der Waals surface area contributed by atoms with Gasteiger partial charge in [-0.15, -0.1) is 0 Å². The van der Waals surface area contributed by atoms with Crippen LogP contribution in [0.1, 0.15) is 22.8 Å². The first-order valence-electron chi connectivity index (χ1n) is 17.4. The Morgan fingerprint density at radius 1 is 0.491 bits per heavy atom. The normalized spacial score (nSPS) is 11.8. The molecular formula is C46H33N5O2. The van der Waals surface area contributed by atoms with Gasteiger partial charge >= 0.3 is 6.09 Å². The zero-order valence-electron chi connectivity index (χ0n) is 28.8. The lowest BCUT2D eigenvalue weighted by Crippen LogP contribution is -2.10. The quantitative estimate of drug-likeness (QED) is 0.168. The van der Waals surface area contributed by atoms with Gasteiger partial charge in [-0.1, -0.05) is 121 Å². The monoisotopic (exact) mass is 687 g/mol. The molecule has 0 saturated heterocycles. The van der Waals surface area contributed by atoms with Crippen LogP contribution >= 0.6 is 0 Å². The Morgan fingerprint density at radius 2 is 0.868 bits per heavy atom. The summed E-state index contributed by atoms with van der Waals surface area (Å²) in [6.45, 7) is 0. The van der Waals surface area contributed by atoms with Crippen LogP contribution in [0.4, 0.5) is 10.5 Å². The number of fused-ring (bicyclic) bond motifs is 8. The highest BCUT2D eigenvalue weighted by Crippen LogP contribution is 2.40. The van der Waals surface area contributed by atoms with E-state index < -0.39 is 6.09 Å². The molecule has 5 heterocycles. The fourth-order valence-electron chi connectivity index (χ4n) is 7.18. The molecule has 0 fully saturated rings. The second-order valence-corrected chi connectivity index (χ2v) is 12.8. The number of carbonyl (C=O) groups is 1. The third-order valence-electron chi connectivity index (χ3n) is 9.54. The highest BCUT2D eigenvalue weighted by Gasteiger charge is 2.21. The number of aromatic amines is 2. The Kier molecular flexibility index (Phi) is 8.06. The second-order valence-electron chi connectivity index (χ2n) is 12.8. The molecule has 7 aromatic rings. The van der Waals surface area contributed by atoms with Gasteiger partial charge in [-0.3, -0.25) is 5.32 Å². The van der Waals surface area contributed by atoms with Crippen LogP contribution < -0.4 is 5.32 Å². The van der Waals surface area contributed by atoms with Crippen LogP contribution in [-0.2, 0) is 4.74 Å². The number of hydrogen-bond acceptors (Lipinski definition) is 4.